The molecule has 264 valence electrons. The summed E-state index contributed by atoms with van der Waals surface area (Å²) in [5, 5.41) is 7.50. The van der Waals surface area contributed by atoms with Crippen LogP contribution in [-0.4, -0.2) is 0 Å². The van der Waals surface area contributed by atoms with Gasteiger partial charge in [-0.1, -0.05) is 205 Å². The molecule has 0 aliphatic heterocycles. The fraction of sp³-hybridized carbons (Fsp3) is 0.0357. The van der Waals surface area contributed by atoms with Gasteiger partial charge in [-0.25, -0.2) is 0 Å². The normalized spacial score (nSPS) is 11.4. The summed E-state index contributed by atoms with van der Waals surface area (Å²) in [5.41, 5.74) is 17.2. The van der Waals surface area contributed by atoms with E-state index in [1.807, 2.05) is 0 Å². The Morgan fingerprint density at radius 1 is 0.232 bits per heavy atom. The van der Waals surface area contributed by atoms with E-state index in [4.69, 9.17) is 0 Å². The summed E-state index contributed by atoms with van der Waals surface area (Å²) in [6.07, 6.45) is 0. The minimum absolute atomic E-state index is 1.20. The number of fused-ring (bicyclic) bond motifs is 3. The van der Waals surface area contributed by atoms with Crippen molar-refractivity contribution in [2.45, 2.75) is 13.8 Å². The first-order valence-corrected chi connectivity index (χ1v) is 19.5. The predicted octanol–water partition coefficient (Wildman–Crippen LogP) is 15.8. The van der Waals surface area contributed by atoms with Crippen LogP contribution < -0.4 is 0 Å². The monoisotopic (exact) mass is 712 g/mol. The number of hydrogen-bond donors (Lipinski definition) is 0. The molecule has 0 bridgehead atoms. The predicted molar refractivity (Wildman–Crippen MR) is 241 cm³/mol. The number of rotatable bonds is 6. The van der Waals surface area contributed by atoms with Crippen LogP contribution in [-0.2, 0) is 0 Å². The molecule has 0 saturated carbocycles. The van der Waals surface area contributed by atoms with Crippen LogP contribution >= 0.6 is 0 Å². The fourth-order valence-electron chi connectivity index (χ4n) is 8.78. The maximum absolute atomic E-state index is 2.50. The van der Waals surface area contributed by atoms with E-state index in [9.17, 15) is 0 Å². The first-order chi connectivity index (χ1) is 27.6. The molecule has 10 aromatic rings. The minimum Gasteiger partial charge on any atom is -0.0622 e. The molecule has 10 aromatic carbocycles. The zero-order valence-corrected chi connectivity index (χ0v) is 31.6. The highest BCUT2D eigenvalue weighted by Crippen LogP contribution is 2.54. The van der Waals surface area contributed by atoms with Crippen molar-refractivity contribution in [3.8, 4) is 66.8 Å². The lowest BCUT2D eigenvalue weighted by molar-refractivity contribution is 1.46. The molecule has 0 aromatic heterocycles. The summed E-state index contributed by atoms with van der Waals surface area (Å²) >= 11 is 0. The van der Waals surface area contributed by atoms with Gasteiger partial charge in [-0.3, -0.25) is 0 Å². The molecule has 0 heteroatoms. The molecule has 0 spiro atoms. The zero-order chi connectivity index (χ0) is 37.6. The summed E-state index contributed by atoms with van der Waals surface area (Å²) < 4.78 is 0. The van der Waals surface area contributed by atoms with Crippen LogP contribution in [0.2, 0.25) is 0 Å². The summed E-state index contributed by atoms with van der Waals surface area (Å²) in [7, 11) is 0. The molecular weight excluding hydrogens is 673 g/mol. The SMILES string of the molecule is Cc1ccc(-c2cc3c(-c4ccccc4)c4c(-c5ccccc5)c5ccccc5c(-c5ccccc5)c4c(-c4ccccc4)c3cc2-c2ccc(C)cc2)cc1. The number of aryl methyl sites for hydroxylation is 2. The van der Waals surface area contributed by atoms with Crippen LogP contribution in [0.3, 0.4) is 0 Å². The maximum Gasteiger partial charge on any atom is -0.000139 e. The Labute approximate surface area is 329 Å². The summed E-state index contributed by atoms with van der Waals surface area (Å²) in [6.45, 7) is 4.33. The van der Waals surface area contributed by atoms with Crippen LogP contribution in [0.4, 0.5) is 0 Å². The highest BCUT2D eigenvalue weighted by atomic mass is 14.3. The Balaban J connectivity index is 1.55. The third-order valence-electron chi connectivity index (χ3n) is 11.4. The molecule has 0 aliphatic carbocycles. The van der Waals surface area contributed by atoms with Gasteiger partial charge in [0.25, 0.3) is 0 Å². The van der Waals surface area contributed by atoms with E-state index >= 15 is 0 Å². The Hall–Kier alpha value is -7.02. The van der Waals surface area contributed by atoms with E-state index in [2.05, 4.69) is 220 Å². The Morgan fingerprint density at radius 3 is 0.804 bits per heavy atom. The molecule has 0 nitrogen and oxygen atoms in total. The topological polar surface area (TPSA) is 0 Å². The largest absolute Gasteiger partial charge is 0.0622 e. The minimum atomic E-state index is 1.20. The van der Waals surface area contributed by atoms with Crippen molar-refractivity contribution in [1.82, 2.24) is 0 Å². The lowest BCUT2D eigenvalue weighted by atomic mass is 9.76. The number of hydrogen-bond acceptors (Lipinski definition) is 0. The van der Waals surface area contributed by atoms with E-state index in [-0.39, 0.29) is 0 Å². The van der Waals surface area contributed by atoms with Crippen LogP contribution in [0.25, 0.3) is 99.1 Å². The summed E-state index contributed by atoms with van der Waals surface area (Å²) in [4.78, 5) is 0. The van der Waals surface area contributed by atoms with Crippen molar-refractivity contribution < 1.29 is 0 Å². The van der Waals surface area contributed by atoms with Crippen LogP contribution in [0.1, 0.15) is 11.1 Å². The third kappa shape index (κ3) is 5.70. The molecule has 0 N–H and O–H groups in total. The van der Waals surface area contributed by atoms with Gasteiger partial charge in [0.2, 0.25) is 0 Å². The molecular formula is C56H40. The van der Waals surface area contributed by atoms with Gasteiger partial charge in [-0.05, 0) is 125 Å². The smallest absolute Gasteiger partial charge is 0.000139 e. The van der Waals surface area contributed by atoms with Gasteiger partial charge in [0.15, 0.2) is 0 Å². The Bertz CT molecular complexity index is 2800. The molecule has 0 fully saturated rings. The lowest BCUT2D eigenvalue weighted by Crippen LogP contribution is -1.99. The van der Waals surface area contributed by atoms with Crippen LogP contribution in [0, 0.1) is 13.8 Å². The summed E-state index contributed by atoms with van der Waals surface area (Å²) in [5.74, 6) is 0. The summed E-state index contributed by atoms with van der Waals surface area (Å²) in [6, 6.07) is 76.3. The van der Waals surface area contributed by atoms with Gasteiger partial charge in [-0.2, -0.15) is 0 Å². The zero-order valence-electron chi connectivity index (χ0n) is 31.6. The third-order valence-corrected chi connectivity index (χ3v) is 11.4. The molecule has 56 heavy (non-hydrogen) atoms. The fourth-order valence-corrected chi connectivity index (χ4v) is 8.78. The van der Waals surface area contributed by atoms with Gasteiger partial charge in [0, 0.05) is 0 Å². The van der Waals surface area contributed by atoms with Crippen molar-refractivity contribution in [2.75, 3.05) is 0 Å². The highest BCUT2D eigenvalue weighted by molar-refractivity contribution is 6.34. The Kier molecular flexibility index (Phi) is 8.38. The first kappa shape index (κ1) is 33.5. The second-order valence-electron chi connectivity index (χ2n) is 14.9. The van der Waals surface area contributed by atoms with Crippen molar-refractivity contribution in [3.63, 3.8) is 0 Å². The molecule has 0 aliphatic rings. The molecule has 10 rings (SSSR count). The maximum atomic E-state index is 2.50. The van der Waals surface area contributed by atoms with Crippen LogP contribution in [0.5, 0.6) is 0 Å². The van der Waals surface area contributed by atoms with E-state index in [0.717, 1.165) is 0 Å². The molecule has 0 heterocycles. The average Bonchev–Trinajstić information content (AvgIpc) is 3.26. The van der Waals surface area contributed by atoms with Gasteiger partial charge in [0.1, 0.15) is 0 Å². The molecule has 0 unspecified atom stereocenters. The average molecular weight is 713 g/mol. The quantitative estimate of drug-likeness (QED) is 0.151. The molecule has 0 amide bonds. The molecule has 0 saturated heterocycles. The van der Waals surface area contributed by atoms with Crippen molar-refractivity contribution in [1.29, 1.82) is 0 Å². The second kappa shape index (κ2) is 14.0. The highest BCUT2D eigenvalue weighted by Gasteiger charge is 2.27. The van der Waals surface area contributed by atoms with Crippen LogP contribution in [0.15, 0.2) is 206 Å². The van der Waals surface area contributed by atoms with E-state index in [0.29, 0.717) is 0 Å². The van der Waals surface area contributed by atoms with E-state index in [1.165, 1.54) is 110 Å². The lowest BCUT2D eigenvalue weighted by Gasteiger charge is -2.26. The second-order valence-corrected chi connectivity index (χ2v) is 14.9. The van der Waals surface area contributed by atoms with Gasteiger partial charge < -0.3 is 0 Å². The van der Waals surface area contributed by atoms with Crippen molar-refractivity contribution in [3.05, 3.63) is 217 Å². The molecule has 0 radical (unpaired) electrons. The van der Waals surface area contributed by atoms with Gasteiger partial charge >= 0.3 is 0 Å². The van der Waals surface area contributed by atoms with Crippen molar-refractivity contribution in [2.24, 2.45) is 0 Å². The van der Waals surface area contributed by atoms with E-state index in [1.54, 1.807) is 0 Å². The van der Waals surface area contributed by atoms with Crippen molar-refractivity contribution >= 4 is 32.3 Å². The standard InChI is InChI=1S/C56H40/c1-37-27-31-39(32-28-37)47-35-49-50(36-48(47)40-33-29-38(2)30-34-40)54(44-23-13-6-14-24-44)56-52(42-19-9-4-10-20-42)46-26-16-15-25-45(46)51(41-17-7-3-8-18-41)55(56)53(49)43-21-11-5-12-22-43/h3-36H,1-2H3. The first-order valence-electron chi connectivity index (χ1n) is 19.5. The van der Waals surface area contributed by atoms with E-state index < -0.39 is 0 Å². The van der Waals surface area contributed by atoms with Gasteiger partial charge in [0.05, 0.1) is 0 Å². The molecule has 0 atom stereocenters. The van der Waals surface area contributed by atoms with Gasteiger partial charge in [-0.15, -0.1) is 0 Å². The Morgan fingerprint density at radius 2 is 0.500 bits per heavy atom. The number of benzene rings is 10.